The molecule has 0 aliphatic heterocycles. The molecule has 19 heavy (non-hydrogen) atoms. The van der Waals surface area contributed by atoms with Crippen molar-refractivity contribution in [1.82, 2.24) is 10.2 Å². The van der Waals surface area contributed by atoms with Gasteiger partial charge in [-0.25, -0.2) is 0 Å². The minimum Gasteiger partial charge on any atom is -0.492 e. The minimum absolute atomic E-state index is 0.0823. The van der Waals surface area contributed by atoms with Crippen LogP contribution in [0.4, 0.5) is 0 Å². The lowest BCUT2D eigenvalue weighted by molar-refractivity contribution is 0.0951. The number of hydrogen-bond acceptors (Lipinski definition) is 4. The molecule has 106 valence electrons. The Hall–Kier alpha value is -1.59. The number of carbonyl (C=O) groups is 1. The minimum atomic E-state index is -0.131. The van der Waals surface area contributed by atoms with Crippen LogP contribution < -0.4 is 10.1 Å². The zero-order chi connectivity index (χ0) is 14.1. The first kappa shape index (κ1) is 15.5. The van der Waals surface area contributed by atoms with Gasteiger partial charge in [-0.05, 0) is 44.8 Å². The predicted octanol–water partition coefficient (Wildman–Crippen LogP) is 0.739. The Labute approximate surface area is 114 Å². The highest BCUT2D eigenvalue weighted by Gasteiger charge is 2.04. The van der Waals surface area contributed by atoms with E-state index in [1.165, 1.54) is 0 Å². The molecule has 1 rings (SSSR count). The zero-order valence-corrected chi connectivity index (χ0v) is 11.6. The summed E-state index contributed by atoms with van der Waals surface area (Å²) in [5, 5.41) is 11.4. The number of ether oxygens (including phenoxy) is 1. The third-order valence-electron chi connectivity index (χ3n) is 2.54. The number of carbonyl (C=O) groups excluding carboxylic acids is 1. The van der Waals surface area contributed by atoms with Crippen LogP contribution >= 0.6 is 0 Å². The molecule has 0 aliphatic carbocycles. The molecule has 0 radical (unpaired) electrons. The van der Waals surface area contributed by atoms with Gasteiger partial charge in [-0.15, -0.1) is 0 Å². The highest BCUT2D eigenvalue weighted by molar-refractivity contribution is 5.94. The van der Waals surface area contributed by atoms with E-state index in [-0.39, 0.29) is 12.5 Å². The fourth-order valence-corrected chi connectivity index (χ4v) is 1.43. The van der Waals surface area contributed by atoms with Gasteiger partial charge in [-0.2, -0.15) is 0 Å². The molecular formula is C14H22N2O3. The van der Waals surface area contributed by atoms with Crippen molar-refractivity contribution in [1.29, 1.82) is 0 Å². The summed E-state index contributed by atoms with van der Waals surface area (Å²) >= 11 is 0. The molecule has 0 saturated carbocycles. The van der Waals surface area contributed by atoms with E-state index < -0.39 is 0 Å². The summed E-state index contributed by atoms with van der Waals surface area (Å²) in [5.41, 5.74) is 0.595. The first-order chi connectivity index (χ1) is 9.13. The highest BCUT2D eigenvalue weighted by Crippen LogP contribution is 2.12. The summed E-state index contributed by atoms with van der Waals surface area (Å²) in [4.78, 5) is 13.7. The second-order valence-corrected chi connectivity index (χ2v) is 4.51. The molecule has 0 aromatic heterocycles. The van der Waals surface area contributed by atoms with Crippen molar-refractivity contribution < 1.29 is 14.6 Å². The first-order valence-electron chi connectivity index (χ1n) is 6.40. The van der Waals surface area contributed by atoms with Gasteiger partial charge >= 0.3 is 0 Å². The van der Waals surface area contributed by atoms with Crippen LogP contribution in [0.15, 0.2) is 24.3 Å². The fraction of sp³-hybridized carbons (Fsp3) is 0.500. The van der Waals surface area contributed by atoms with Gasteiger partial charge in [0, 0.05) is 25.3 Å². The van der Waals surface area contributed by atoms with Gasteiger partial charge < -0.3 is 20.1 Å². The van der Waals surface area contributed by atoms with E-state index in [1.54, 1.807) is 24.3 Å². The van der Waals surface area contributed by atoms with Crippen LogP contribution in [0.1, 0.15) is 16.8 Å². The molecule has 2 N–H and O–H groups in total. The third kappa shape index (κ3) is 6.22. The molecule has 0 aliphatic rings. The SMILES string of the molecule is CN(C)CCOc1ccc(C(=O)NCCCO)cc1. The van der Waals surface area contributed by atoms with Crippen LogP contribution in [0.5, 0.6) is 5.75 Å². The molecule has 0 heterocycles. The predicted molar refractivity (Wildman–Crippen MR) is 74.5 cm³/mol. The van der Waals surface area contributed by atoms with Crippen molar-refractivity contribution in [3.63, 3.8) is 0 Å². The van der Waals surface area contributed by atoms with E-state index in [1.807, 2.05) is 19.0 Å². The Morgan fingerprint density at radius 2 is 2.00 bits per heavy atom. The van der Waals surface area contributed by atoms with Gasteiger partial charge in [0.2, 0.25) is 0 Å². The monoisotopic (exact) mass is 266 g/mol. The van der Waals surface area contributed by atoms with Gasteiger partial charge in [0.25, 0.3) is 5.91 Å². The Kier molecular flexibility index (Phi) is 6.92. The zero-order valence-electron chi connectivity index (χ0n) is 11.6. The highest BCUT2D eigenvalue weighted by atomic mass is 16.5. The van der Waals surface area contributed by atoms with Crippen LogP contribution in [0.3, 0.4) is 0 Å². The van der Waals surface area contributed by atoms with E-state index >= 15 is 0 Å². The molecule has 1 amide bonds. The van der Waals surface area contributed by atoms with E-state index in [0.29, 0.717) is 25.1 Å². The summed E-state index contributed by atoms with van der Waals surface area (Å²) < 4.78 is 5.54. The first-order valence-corrected chi connectivity index (χ1v) is 6.40. The maximum atomic E-state index is 11.7. The summed E-state index contributed by atoms with van der Waals surface area (Å²) in [5.74, 6) is 0.627. The van der Waals surface area contributed by atoms with Crippen molar-refractivity contribution in [3.8, 4) is 5.75 Å². The number of likely N-dealkylation sites (N-methyl/N-ethyl adjacent to an activating group) is 1. The van der Waals surface area contributed by atoms with Crippen molar-refractivity contribution in [3.05, 3.63) is 29.8 Å². The van der Waals surface area contributed by atoms with Gasteiger partial charge in [0.15, 0.2) is 0 Å². The number of aliphatic hydroxyl groups is 1. The second-order valence-electron chi connectivity index (χ2n) is 4.51. The number of amides is 1. The van der Waals surface area contributed by atoms with E-state index in [2.05, 4.69) is 5.32 Å². The lowest BCUT2D eigenvalue weighted by atomic mass is 10.2. The second kappa shape index (κ2) is 8.50. The van der Waals surface area contributed by atoms with Crippen LogP contribution in [0.2, 0.25) is 0 Å². The molecule has 0 fully saturated rings. The fourth-order valence-electron chi connectivity index (χ4n) is 1.43. The Morgan fingerprint density at radius 3 is 2.58 bits per heavy atom. The van der Waals surface area contributed by atoms with E-state index in [9.17, 15) is 4.79 Å². The molecule has 1 aromatic carbocycles. The molecule has 0 spiro atoms. The smallest absolute Gasteiger partial charge is 0.251 e. The summed E-state index contributed by atoms with van der Waals surface area (Å²) in [6, 6.07) is 7.05. The standard InChI is InChI=1S/C14H22N2O3/c1-16(2)9-11-19-13-6-4-12(5-7-13)14(18)15-8-3-10-17/h4-7,17H,3,8-11H2,1-2H3,(H,15,18). The topological polar surface area (TPSA) is 61.8 Å². The number of nitrogens with one attached hydrogen (secondary N) is 1. The molecule has 0 bridgehead atoms. The molecule has 0 unspecified atom stereocenters. The van der Waals surface area contributed by atoms with Gasteiger partial charge in [-0.1, -0.05) is 0 Å². The average molecular weight is 266 g/mol. The molecule has 0 saturated heterocycles. The normalized spacial score (nSPS) is 10.5. The van der Waals surface area contributed by atoms with Crippen molar-refractivity contribution in [2.75, 3.05) is 40.4 Å². The number of benzene rings is 1. The maximum absolute atomic E-state index is 11.7. The van der Waals surface area contributed by atoms with Crippen molar-refractivity contribution in [2.24, 2.45) is 0 Å². The maximum Gasteiger partial charge on any atom is 0.251 e. The van der Waals surface area contributed by atoms with Crippen LogP contribution in [0.25, 0.3) is 0 Å². The Balaban J connectivity index is 2.40. The third-order valence-corrected chi connectivity index (χ3v) is 2.54. The summed E-state index contributed by atoms with van der Waals surface area (Å²) in [7, 11) is 3.98. The summed E-state index contributed by atoms with van der Waals surface area (Å²) in [6.07, 6.45) is 0.567. The van der Waals surface area contributed by atoms with E-state index in [4.69, 9.17) is 9.84 Å². The number of rotatable bonds is 8. The lowest BCUT2D eigenvalue weighted by Gasteiger charge is -2.11. The van der Waals surface area contributed by atoms with Crippen molar-refractivity contribution >= 4 is 5.91 Å². The molecule has 0 atom stereocenters. The molecule has 5 heteroatoms. The number of nitrogens with zero attached hydrogens (tertiary/aromatic N) is 1. The number of hydrogen-bond donors (Lipinski definition) is 2. The van der Waals surface area contributed by atoms with Gasteiger partial charge in [0.05, 0.1) is 0 Å². The largest absolute Gasteiger partial charge is 0.492 e. The van der Waals surface area contributed by atoms with E-state index in [0.717, 1.165) is 12.3 Å². The molecular weight excluding hydrogens is 244 g/mol. The van der Waals surface area contributed by atoms with Crippen molar-refractivity contribution in [2.45, 2.75) is 6.42 Å². The van der Waals surface area contributed by atoms with Crippen LogP contribution in [-0.2, 0) is 0 Å². The quantitative estimate of drug-likeness (QED) is 0.681. The Morgan fingerprint density at radius 1 is 1.32 bits per heavy atom. The van der Waals surface area contributed by atoms with Gasteiger partial charge in [-0.3, -0.25) is 4.79 Å². The van der Waals surface area contributed by atoms with Gasteiger partial charge in [0.1, 0.15) is 12.4 Å². The Bertz CT molecular complexity index is 377. The number of aliphatic hydroxyl groups excluding tert-OH is 1. The lowest BCUT2D eigenvalue weighted by Crippen LogP contribution is -2.24. The molecule has 1 aromatic rings. The average Bonchev–Trinajstić information content (AvgIpc) is 2.39. The van der Waals surface area contributed by atoms with Crippen LogP contribution in [0, 0.1) is 0 Å². The van der Waals surface area contributed by atoms with Crippen LogP contribution in [-0.4, -0.2) is 56.3 Å². The summed E-state index contributed by atoms with van der Waals surface area (Å²) in [6.45, 7) is 2.04. The molecule has 5 nitrogen and oxygen atoms in total.